The maximum absolute atomic E-state index is 12.8. The van der Waals surface area contributed by atoms with Crippen molar-refractivity contribution in [3.05, 3.63) is 35.4 Å². The molecule has 1 aliphatic heterocycles. The number of morpholine rings is 1. The summed E-state index contributed by atoms with van der Waals surface area (Å²) in [7, 11) is 0. The highest BCUT2D eigenvalue weighted by atomic mass is 35.5. The predicted molar refractivity (Wildman–Crippen MR) is 112 cm³/mol. The summed E-state index contributed by atoms with van der Waals surface area (Å²) < 4.78 is 43.8. The summed E-state index contributed by atoms with van der Waals surface area (Å²) in [6, 6.07) is 5.00. The average molecular weight is 460 g/mol. The van der Waals surface area contributed by atoms with Gasteiger partial charge in [0, 0.05) is 25.6 Å². The van der Waals surface area contributed by atoms with Gasteiger partial charge in [-0.3, -0.25) is 9.69 Å². The minimum atomic E-state index is -4.35. The Morgan fingerprint density at radius 1 is 1.24 bits per heavy atom. The molecule has 0 spiro atoms. The zero-order chi connectivity index (χ0) is 19.9. The molecule has 168 valence electrons. The van der Waals surface area contributed by atoms with Crippen LogP contribution >= 0.6 is 24.8 Å². The van der Waals surface area contributed by atoms with E-state index in [9.17, 15) is 18.0 Å². The van der Waals surface area contributed by atoms with E-state index in [1.165, 1.54) is 12.1 Å². The fraction of sp³-hybridized carbons (Fsp3) is 0.632. The van der Waals surface area contributed by atoms with Crippen LogP contribution in [0.3, 0.4) is 0 Å². The van der Waals surface area contributed by atoms with Crippen molar-refractivity contribution in [2.45, 2.75) is 38.5 Å². The van der Waals surface area contributed by atoms with Crippen LogP contribution in [-0.2, 0) is 15.7 Å². The Bertz CT molecular complexity index is 593. The average Bonchev–Trinajstić information content (AvgIpc) is 2.65. The third-order valence-corrected chi connectivity index (χ3v) is 4.80. The lowest BCUT2D eigenvalue weighted by Crippen LogP contribution is -2.45. The molecular formula is C19H30Cl2F3N3O2. The molecule has 29 heavy (non-hydrogen) atoms. The number of carbonyl (C=O) groups excluding carboxylic acids is 1. The zero-order valence-electron chi connectivity index (χ0n) is 16.6. The standard InChI is InChI=1S/C19H28F3N3O2.2ClH/c1-3-25(4-2)17(14-5-7-15(8-6-14)19(20,21)22)12-24-18(26)11-16-13-27-10-9-23-16;;/h5-8,16-17,23H,3-4,9-13H2,1-2H3,(H,24,26);2*1H. The summed E-state index contributed by atoms with van der Waals surface area (Å²) in [5.41, 5.74) is 0.0862. The summed E-state index contributed by atoms with van der Waals surface area (Å²) in [4.78, 5) is 14.4. The molecule has 2 rings (SSSR count). The van der Waals surface area contributed by atoms with Gasteiger partial charge in [-0.2, -0.15) is 13.2 Å². The third kappa shape index (κ3) is 8.68. The molecule has 0 radical (unpaired) electrons. The van der Waals surface area contributed by atoms with Crippen LogP contribution in [0.4, 0.5) is 13.2 Å². The van der Waals surface area contributed by atoms with Gasteiger partial charge in [-0.1, -0.05) is 26.0 Å². The second-order valence-electron chi connectivity index (χ2n) is 6.59. The summed E-state index contributed by atoms with van der Waals surface area (Å²) in [6.45, 7) is 7.68. The Labute approximate surface area is 182 Å². The fourth-order valence-electron chi connectivity index (χ4n) is 3.27. The lowest BCUT2D eigenvalue weighted by Gasteiger charge is -2.31. The number of benzene rings is 1. The van der Waals surface area contributed by atoms with Crippen LogP contribution in [0, 0.1) is 0 Å². The van der Waals surface area contributed by atoms with Crippen LogP contribution in [0.15, 0.2) is 24.3 Å². The normalized spacial score (nSPS) is 17.8. The van der Waals surface area contributed by atoms with Crippen molar-refractivity contribution in [3.63, 3.8) is 0 Å². The van der Waals surface area contributed by atoms with E-state index in [0.29, 0.717) is 26.2 Å². The Morgan fingerprint density at radius 3 is 2.34 bits per heavy atom. The highest BCUT2D eigenvalue weighted by Gasteiger charge is 2.30. The largest absolute Gasteiger partial charge is 0.416 e. The zero-order valence-corrected chi connectivity index (χ0v) is 18.3. The Morgan fingerprint density at radius 2 is 1.86 bits per heavy atom. The topological polar surface area (TPSA) is 53.6 Å². The van der Waals surface area contributed by atoms with Crippen molar-refractivity contribution in [2.24, 2.45) is 0 Å². The highest BCUT2D eigenvalue weighted by molar-refractivity contribution is 5.85. The molecule has 2 unspecified atom stereocenters. The molecule has 0 saturated carbocycles. The SMILES string of the molecule is CCN(CC)C(CNC(=O)CC1COCCN1)c1ccc(C(F)(F)F)cc1.Cl.Cl. The summed E-state index contributed by atoms with van der Waals surface area (Å²) in [6.07, 6.45) is -4.04. The monoisotopic (exact) mass is 459 g/mol. The minimum absolute atomic E-state index is 0. The van der Waals surface area contributed by atoms with Crippen molar-refractivity contribution in [1.82, 2.24) is 15.5 Å². The van der Waals surface area contributed by atoms with Crippen LogP contribution in [0.1, 0.15) is 37.4 Å². The van der Waals surface area contributed by atoms with Gasteiger partial charge in [-0.25, -0.2) is 0 Å². The van der Waals surface area contributed by atoms with E-state index in [1.807, 2.05) is 13.8 Å². The van der Waals surface area contributed by atoms with Gasteiger partial charge >= 0.3 is 6.18 Å². The van der Waals surface area contributed by atoms with E-state index in [0.717, 1.165) is 37.3 Å². The molecule has 1 fully saturated rings. The van der Waals surface area contributed by atoms with Crippen molar-refractivity contribution < 1.29 is 22.7 Å². The summed E-state index contributed by atoms with van der Waals surface area (Å²) in [5, 5.41) is 6.16. The van der Waals surface area contributed by atoms with Gasteiger partial charge in [0.25, 0.3) is 0 Å². The molecule has 5 nitrogen and oxygen atoms in total. The number of rotatable bonds is 8. The van der Waals surface area contributed by atoms with Gasteiger partial charge < -0.3 is 15.4 Å². The molecule has 0 aromatic heterocycles. The third-order valence-electron chi connectivity index (χ3n) is 4.80. The van der Waals surface area contributed by atoms with Crippen LogP contribution in [0.2, 0.25) is 0 Å². The van der Waals surface area contributed by atoms with Crippen molar-refractivity contribution in [1.29, 1.82) is 0 Å². The fourth-order valence-corrected chi connectivity index (χ4v) is 3.27. The molecule has 10 heteroatoms. The first-order valence-corrected chi connectivity index (χ1v) is 9.34. The molecule has 1 amide bonds. The Hall–Kier alpha value is -1.06. The number of nitrogens with one attached hydrogen (secondary N) is 2. The number of hydrogen-bond acceptors (Lipinski definition) is 4. The van der Waals surface area contributed by atoms with E-state index < -0.39 is 11.7 Å². The molecule has 2 N–H and O–H groups in total. The van der Waals surface area contributed by atoms with E-state index in [4.69, 9.17) is 4.74 Å². The number of nitrogens with zero attached hydrogens (tertiary/aromatic N) is 1. The summed E-state index contributed by atoms with van der Waals surface area (Å²) >= 11 is 0. The van der Waals surface area contributed by atoms with E-state index >= 15 is 0 Å². The Balaban J connectivity index is 0.00000392. The molecule has 0 bridgehead atoms. The lowest BCUT2D eigenvalue weighted by atomic mass is 10.0. The minimum Gasteiger partial charge on any atom is -0.378 e. The van der Waals surface area contributed by atoms with Crippen LogP contribution in [0.5, 0.6) is 0 Å². The van der Waals surface area contributed by atoms with Gasteiger partial charge in [0.2, 0.25) is 5.91 Å². The second-order valence-corrected chi connectivity index (χ2v) is 6.59. The van der Waals surface area contributed by atoms with Crippen LogP contribution < -0.4 is 10.6 Å². The van der Waals surface area contributed by atoms with Gasteiger partial charge in [0.15, 0.2) is 0 Å². The molecule has 2 atom stereocenters. The van der Waals surface area contributed by atoms with Crippen LogP contribution in [-0.4, -0.2) is 56.2 Å². The molecule has 1 aromatic rings. The number of alkyl halides is 3. The quantitative estimate of drug-likeness (QED) is 0.625. The predicted octanol–water partition coefficient (Wildman–Crippen LogP) is 3.43. The first-order chi connectivity index (χ1) is 12.8. The molecule has 0 aliphatic carbocycles. The second kappa shape index (κ2) is 13.3. The Kier molecular flexibility index (Phi) is 12.8. The molecule has 1 saturated heterocycles. The number of ether oxygens (including phenoxy) is 1. The number of halogens is 5. The van der Waals surface area contributed by atoms with Gasteiger partial charge in [-0.05, 0) is 30.8 Å². The van der Waals surface area contributed by atoms with Gasteiger partial charge in [0.1, 0.15) is 0 Å². The number of amides is 1. The molecule has 1 aromatic carbocycles. The maximum atomic E-state index is 12.8. The lowest BCUT2D eigenvalue weighted by molar-refractivity contribution is -0.137. The van der Waals surface area contributed by atoms with Crippen molar-refractivity contribution in [3.8, 4) is 0 Å². The first-order valence-electron chi connectivity index (χ1n) is 9.34. The molecule has 1 heterocycles. The van der Waals surface area contributed by atoms with E-state index in [2.05, 4.69) is 15.5 Å². The van der Waals surface area contributed by atoms with Gasteiger partial charge in [0.05, 0.1) is 24.8 Å². The number of likely N-dealkylation sites (N-methyl/N-ethyl adjacent to an activating group) is 1. The maximum Gasteiger partial charge on any atom is 0.416 e. The van der Waals surface area contributed by atoms with E-state index in [-0.39, 0.29) is 42.8 Å². The molecular weight excluding hydrogens is 430 g/mol. The molecule has 1 aliphatic rings. The van der Waals surface area contributed by atoms with Crippen molar-refractivity contribution in [2.75, 3.05) is 39.4 Å². The van der Waals surface area contributed by atoms with Crippen molar-refractivity contribution >= 4 is 30.7 Å². The van der Waals surface area contributed by atoms with Crippen LogP contribution in [0.25, 0.3) is 0 Å². The van der Waals surface area contributed by atoms with E-state index in [1.54, 1.807) is 0 Å². The van der Waals surface area contributed by atoms with Gasteiger partial charge in [-0.15, -0.1) is 24.8 Å². The number of carbonyl (C=O) groups is 1. The summed E-state index contributed by atoms with van der Waals surface area (Å²) in [5.74, 6) is -0.0953. The smallest absolute Gasteiger partial charge is 0.378 e. The number of hydrogen-bond donors (Lipinski definition) is 2. The highest BCUT2D eigenvalue weighted by Crippen LogP contribution is 2.30. The first kappa shape index (κ1) is 27.9.